The largest absolute Gasteiger partial charge is 0.478 e. The average Bonchev–Trinajstić information content (AvgIpc) is 2.89. The predicted octanol–water partition coefficient (Wildman–Crippen LogP) is 5.09. The lowest BCUT2D eigenvalue weighted by Gasteiger charge is -2.28. The first-order chi connectivity index (χ1) is 16.9. The molecule has 1 fully saturated rings. The van der Waals surface area contributed by atoms with Crippen LogP contribution in [0.3, 0.4) is 0 Å². The molecular weight excluding hydrogens is 474 g/mol. The zero-order chi connectivity index (χ0) is 25.6. The van der Waals surface area contributed by atoms with E-state index in [9.17, 15) is 19.2 Å². The Hall–Kier alpha value is -3.62. The lowest BCUT2D eigenvalue weighted by molar-refractivity contribution is -0.133. The molecule has 1 atom stereocenters. The van der Waals surface area contributed by atoms with Crippen LogP contribution >= 0.6 is 0 Å². The van der Waals surface area contributed by atoms with Gasteiger partial charge >= 0.3 is 11.9 Å². The average molecular weight is 516 g/mol. The number of carbonyl (C=O) groups is 4. The number of aldehydes is 1. The monoisotopic (exact) mass is 515 g/mol. The SMILES string of the molecule is C.C.CCC(CC(=O)N1CCCCC1)Cc1cc(C(=O)O)ccn1.CCOC(=O)c1ccnc(C=O)c1. The third-order valence-corrected chi connectivity index (χ3v) is 5.72. The van der Waals surface area contributed by atoms with E-state index in [2.05, 4.69) is 16.9 Å². The van der Waals surface area contributed by atoms with Crippen LogP contribution in [0.2, 0.25) is 0 Å². The van der Waals surface area contributed by atoms with Gasteiger partial charge in [0, 0.05) is 37.6 Å². The minimum Gasteiger partial charge on any atom is -0.478 e. The number of hydrogen-bond donors (Lipinski definition) is 1. The molecule has 2 aromatic heterocycles. The number of carbonyl (C=O) groups excluding carboxylic acids is 3. The molecule has 0 spiro atoms. The summed E-state index contributed by atoms with van der Waals surface area (Å²) in [7, 11) is 0. The molecule has 1 aliphatic rings. The fourth-order valence-electron chi connectivity index (χ4n) is 3.75. The molecule has 3 rings (SSSR count). The highest BCUT2D eigenvalue weighted by Gasteiger charge is 2.20. The Bertz CT molecular complexity index is 1000. The molecule has 1 unspecified atom stereocenters. The van der Waals surface area contributed by atoms with Gasteiger partial charge in [-0.2, -0.15) is 0 Å². The van der Waals surface area contributed by atoms with Gasteiger partial charge in [0.05, 0.1) is 17.7 Å². The number of amides is 1. The molecular formula is C28H41N3O6. The van der Waals surface area contributed by atoms with Crippen molar-refractivity contribution in [3.63, 3.8) is 0 Å². The zero-order valence-corrected chi connectivity index (χ0v) is 20.3. The lowest BCUT2D eigenvalue weighted by Crippen LogP contribution is -2.36. The molecule has 37 heavy (non-hydrogen) atoms. The van der Waals surface area contributed by atoms with Crippen LogP contribution in [0.5, 0.6) is 0 Å². The highest BCUT2D eigenvalue weighted by Crippen LogP contribution is 2.19. The fourth-order valence-corrected chi connectivity index (χ4v) is 3.75. The van der Waals surface area contributed by atoms with Gasteiger partial charge in [-0.1, -0.05) is 28.2 Å². The molecule has 9 heteroatoms. The van der Waals surface area contributed by atoms with Crippen molar-refractivity contribution in [1.82, 2.24) is 14.9 Å². The number of ether oxygens (including phenoxy) is 1. The second kappa shape index (κ2) is 17.8. The minimum absolute atomic E-state index is 0. The number of hydrogen-bond acceptors (Lipinski definition) is 7. The predicted molar refractivity (Wildman–Crippen MR) is 143 cm³/mol. The smallest absolute Gasteiger partial charge is 0.338 e. The van der Waals surface area contributed by atoms with Crippen LogP contribution in [0.25, 0.3) is 0 Å². The number of piperidine rings is 1. The second-order valence-corrected chi connectivity index (χ2v) is 8.27. The topological polar surface area (TPSA) is 127 Å². The maximum Gasteiger partial charge on any atom is 0.338 e. The van der Waals surface area contributed by atoms with E-state index in [0.717, 1.165) is 38.0 Å². The highest BCUT2D eigenvalue weighted by atomic mass is 16.5. The maximum atomic E-state index is 12.3. The Balaban J connectivity index is 0.000000747. The molecule has 2 aromatic rings. The molecule has 1 amide bonds. The first-order valence-electron chi connectivity index (χ1n) is 11.9. The number of rotatable bonds is 9. The minimum atomic E-state index is -0.943. The van der Waals surface area contributed by atoms with Crippen LogP contribution in [-0.4, -0.2) is 63.8 Å². The number of esters is 1. The summed E-state index contributed by atoms with van der Waals surface area (Å²) in [6, 6.07) is 6.00. The van der Waals surface area contributed by atoms with Crippen molar-refractivity contribution in [3.05, 3.63) is 59.2 Å². The van der Waals surface area contributed by atoms with E-state index in [-0.39, 0.29) is 37.9 Å². The van der Waals surface area contributed by atoms with E-state index in [1.807, 2.05) is 4.90 Å². The van der Waals surface area contributed by atoms with Crippen molar-refractivity contribution in [2.24, 2.45) is 5.92 Å². The number of pyridine rings is 2. The Kier molecular flexibility index (Phi) is 16.0. The highest BCUT2D eigenvalue weighted by molar-refractivity contribution is 5.91. The van der Waals surface area contributed by atoms with Crippen molar-refractivity contribution in [2.45, 2.75) is 67.2 Å². The molecule has 1 saturated heterocycles. The third kappa shape index (κ3) is 11.3. The van der Waals surface area contributed by atoms with Gasteiger partial charge in [-0.15, -0.1) is 0 Å². The summed E-state index contributed by atoms with van der Waals surface area (Å²) in [6.07, 6.45) is 8.99. The molecule has 204 valence electrons. The first kappa shape index (κ1) is 33.4. The van der Waals surface area contributed by atoms with Gasteiger partial charge in [0.15, 0.2) is 6.29 Å². The van der Waals surface area contributed by atoms with Crippen molar-refractivity contribution < 1.29 is 29.0 Å². The van der Waals surface area contributed by atoms with Crippen LogP contribution in [0, 0.1) is 5.92 Å². The van der Waals surface area contributed by atoms with E-state index < -0.39 is 11.9 Å². The Morgan fingerprint density at radius 3 is 2.27 bits per heavy atom. The Labute approximate surface area is 220 Å². The molecule has 9 nitrogen and oxygen atoms in total. The quantitative estimate of drug-likeness (QED) is 0.361. The molecule has 0 aliphatic carbocycles. The summed E-state index contributed by atoms with van der Waals surface area (Å²) >= 11 is 0. The van der Waals surface area contributed by atoms with Gasteiger partial charge in [0.25, 0.3) is 0 Å². The summed E-state index contributed by atoms with van der Waals surface area (Å²) < 4.78 is 4.74. The molecule has 0 bridgehead atoms. The van der Waals surface area contributed by atoms with Gasteiger partial charge < -0.3 is 14.7 Å². The van der Waals surface area contributed by atoms with Crippen molar-refractivity contribution in [2.75, 3.05) is 19.7 Å². The van der Waals surface area contributed by atoms with Gasteiger partial charge in [-0.25, -0.2) is 9.59 Å². The zero-order valence-electron chi connectivity index (χ0n) is 20.3. The molecule has 0 aromatic carbocycles. The van der Waals surface area contributed by atoms with Gasteiger partial charge in [-0.3, -0.25) is 19.6 Å². The molecule has 1 N–H and O–H groups in total. The second-order valence-electron chi connectivity index (χ2n) is 8.27. The van der Waals surface area contributed by atoms with Crippen LogP contribution in [-0.2, 0) is 16.0 Å². The van der Waals surface area contributed by atoms with Gasteiger partial charge in [0.1, 0.15) is 5.69 Å². The molecule has 0 saturated carbocycles. The number of aromatic carboxylic acids is 1. The van der Waals surface area contributed by atoms with Gasteiger partial charge in [-0.05, 0) is 62.8 Å². The van der Waals surface area contributed by atoms with E-state index in [1.54, 1.807) is 13.0 Å². The molecule has 1 aliphatic heterocycles. The number of likely N-dealkylation sites (tertiary alicyclic amines) is 1. The standard InChI is InChI=1S/C17H24N2O3.C9H9NO3.2CH4/c1-2-13(11-16(20)19-8-4-3-5-9-19)10-15-12-14(17(21)22)6-7-18-15;1-2-13-9(12)7-3-4-10-8(5-7)6-11;;/h6-7,12-13H,2-5,8-11H2,1H3,(H,21,22);3-6H,2H2,1H3;2*1H4. The summed E-state index contributed by atoms with van der Waals surface area (Å²) in [5.74, 6) is -0.944. The van der Waals surface area contributed by atoms with Crippen molar-refractivity contribution in [1.29, 1.82) is 0 Å². The Morgan fingerprint density at radius 1 is 1.03 bits per heavy atom. The third-order valence-electron chi connectivity index (χ3n) is 5.72. The van der Waals surface area contributed by atoms with Crippen LogP contribution in [0.1, 0.15) is 97.7 Å². The van der Waals surface area contributed by atoms with Crippen molar-refractivity contribution >= 4 is 24.1 Å². The number of carboxylic acids is 1. The lowest BCUT2D eigenvalue weighted by atomic mass is 9.94. The van der Waals surface area contributed by atoms with E-state index in [1.165, 1.54) is 37.0 Å². The molecule has 0 radical (unpaired) electrons. The summed E-state index contributed by atoms with van der Waals surface area (Å²) in [6.45, 7) is 5.86. The van der Waals surface area contributed by atoms with Crippen LogP contribution < -0.4 is 0 Å². The fraction of sp³-hybridized carbons (Fsp3) is 0.500. The first-order valence-corrected chi connectivity index (χ1v) is 11.9. The number of aromatic nitrogens is 2. The molecule has 3 heterocycles. The summed E-state index contributed by atoms with van der Waals surface area (Å²) in [5, 5.41) is 9.03. The summed E-state index contributed by atoms with van der Waals surface area (Å²) in [5.41, 5.74) is 1.57. The summed E-state index contributed by atoms with van der Waals surface area (Å²) in [4.78, 5) is 54.8. The van der Waals surface area contributed by atoms with Gasteiger partial charge in [0.2, 0.25) is 5.91 Å². The Morgan fingerprint density at radius 2 is 1.68 bits per heavy atom. The van der Waals surface area contributed by atoms with Crippen LogP contribution in [0.15, 0.2) is 36.7 Å². The number of carboxylic acid groups (broad SMARTS) is 1. The van der Waals surface area contributed by atoms with Crippen LogP contribution in [0.4, 0.5) is 0 Å². The van der Waals surface area contributed by atoms with Crippen molar-refractivity contribution in [3.8, 4) is 0 Å². The maximum absolute atomic E-state index is 12.3. The van der Waals surface area contributed by atoms with E-state index in [0.29, 0.717) is 31.3 Å². The number of nitrogens with zero attached hydrogens (tertiary/aromatic N) is 3. The van der Waals surface area contributed by atoms with E-state index in [4.69, 9.17) is 9.84 Å². The normalized spacial score (nSPS) is 13.0. The van der Waals surface area contributed by atoms with E-state index >= 15 is 0 Å².